The Kier molecular flexibility index (Phi) is 5.48. The Morgan fingerprint density at radius 3 is 2.94 bits per heavy atom. The zero-order valence-electron chi connectivity index (χ0n) is 17.5. The van der Waals surface area contributed by atoms with Crippen molar-refractivity contribution < 1.29 is 23.8 Å². The van der Waals surface area contributed by atoms with Gasteiger partial charge >= 0.3 is 5.97 Å². The number of aromatic nitrogens is 3. The summed E-state index contributed by atoms with van der Waals surface area (Å²) in [5.74, 6) is -0.870. The van der Waals surface area contributed by atoms with E-state index >= 15 is 4.39 Å². The number of carbonyl (C=O) groups is 1. The van der Waals surface area contributed by atoms with Crippen LogP contribution in [-0.2, 0) is 35.5 Å². The number of pyridine rings is 1. The lowest BCUT2D eigenvalue weighted by Crippen LogP contribution is -2.34. The van der Waals surface area contributed by atoms with Gasteiger partial charge in [0.05, 0.1) is 43.1 Å². The summed E-state index contributed by atoms with van der Waals surface area (Å²) in [5.41, 5.74) is 2.41. The van der Waals surface area contributed by atoms with Crippen molar-refractivity contribution >= 4 is 28.6 Å². The molecule has 1 saturated heterocycles. The van der Waals surface area contributed by atoms with E-state index in [9.17, 15) is 9.90 Å². The van der Waals surface area contributed by atoms with E-state index in [-0.39, 0.29) is 28.1 Å². The molecule has 0 aliphatic carbocycles. The maximum absolute atomic E-state index is 15.3. The zero-order chi connectivity index (χ0) is 22.4. The van der Waals surface area contributed by atoms with E-state index in [0.717, 1.165) is 30.6 Å². The molecule has 0 spiro atoms. The summed E-state index contributed by atoms with van der Waals surface area (Å²) < 4.78 is 27.5. The van der Waals surface area contributed by atoms with E-state index in [1.54, 1.807) is 12.1 Å². The molecule has 1 fully saturated rings. The lowest BCUT2D eigenvalue weighted by molar-refractivity contribution is -0.0592. The van der Waals surface area contributed by atoms with Gasteiger partial charge in [0.2, 0.25) is 5.88 Å². The number of imidazole rings is 1. The van der Waals surface area contributed by atoms with Gasteiger partial charge in [-0.25, -0.2) is 19.2 Å². The van der Waals surface area contributed by atoms with Crippen molar-refractivity contribution in [3.8, 4) is 5.88 Å². The summed E-state index contributed by atoms with van der Waals surface area (Å²) >= 11 is 5.99. The molecule has 0 radical (unpaired) electrons. The van der Waals surface area contributed by atoms with Crippen LogP contribution < -0.4 is 0 Å². The first-order valence-corrected chi connectivity index (χ1v) is 10.8. The highest BCUT2D eigenvalue weighted by Crippen LogP contribution is 2.30. The van der Waals surface area contributed by atoms with Gasteiger partial charge in [-0.2, -0.15) is 0 Å². The summed E-state index contributed by atoms with van der Waals surface area (Å²) in [5, 5.41) is 10.1. The highest BCUT2D eigenvalue weighted by molar-refractivity contribution is 6.31. The van der Waals surface area contributed by atoms with Crippen LogP contribution in [0.2, 0.25) is 5.02 Å². The fraction of sp³-hybridized carbons (Fsp3) is 0.409. The minimum Gasteiger partial charge on any atom is -0.492 e. The summed E-state index contributed by atoms with van der Waals surface area (Å²) in [7, 11) is 1.23. The van der Waals surface area contributed by atoms with E-state index in [1.165, 1.54) is 13.2 Å². The van der Waals surface area contributed by atoms with Crippen molar-refractivity contribution in [3.63, 3.8) is 0 Å². The molecular weight excluding hydrogens is 439 g/mol. The van der Waals surface area contributed by atoms with Crippen LogP contribution in [0.4, 0.5) is 4.39 Å². The standard InChI is InChI=1S/C22H22ClFN4O4/c1-31-22(30)14-2-3-16-20(19(14)24)28(9-13-5-7-32-13)18(25-16)11-27-6-4-12-8-15(23)21(29)26-17(12)10-27/h2-3,8,13H,4-7,9-11H2,1H3,(H,26,29)/t13-/m0/s1. The van der Waals surface area contributed by atoms with E-state index in [0.29, 0.717) is 37.6 Å². The van der Waals surface area contributed by atoms with Gasteiger partial charge in [0.25, 0.3) is 0 Å². The zero-order valence-corrected chi connectivity index (χ0v) is 18.2. The smallest absolute Gasteiger partial charge is 0.340 e. The molecule has 4 heterocycles. The van der Waals surface area contributed by atoms with Crippen LogP contribution >= 0.6 is 11.6 Å². The fourth-order valence-corrected chi connectivity index (χ4v) is 4.43. The molecule has 0 amide bonds. The predicted molar refractivity (Wildman–Crippen MR) is 114 cm³/mol. The van der Waals surface area contributed by atoms with Gasteiger partial charge in [-0.1, -0.05) is 11.6 Å². The number of carbonyl (C=O) groups excluding carboxylic acids is 1. The van der Waals surface area contributed by atoms with Crippen LogP contribution in [0.5, 0.6) is 5.88 Å². The molecule has 32 heavy (non-hydrogen) atoms. The molecule has 2 aliphatic heterocycles. The topological polar surface area (TPSA) is 89.7 Å². The van der Waals surface area contributed by atoms with Gasteiger partial charge < -0.3 is 19.1 Å². The molecule has 2 aromatic heterocycles. The minimum atomic E-state index is -0.726. The lowest BCUT2D eigenvalue weighted by atomic mass is 10.1. The van der Waals surface area contributed by atoms with Crippen LogP contribution in [0.3, 0.4) is 0 Å². The largest absolute Gasteiger partial charge is 0.492 e. The van der Waals surface area contributed by atoms with E-state index < -0.39 is 11.8 Å². The molecule has 0 unspecified atom stereocenters. The van der Waals surface area contributed by atoms with Gasteiger partial charge in [0, 0.05) is 19.7 Å². The first-order chi connectivity index (χ1) is 15.4. The number of fused-ring (bicyclic) bond motifs is 2. The molecule has 1 N–H and O–H groups in total. The Morgan fingerprint density at radius 2 is 2.22 bits per heavy atom. The lowest BCUT2D eigenvalue weighted by Gasteiger charge is -2.30. The number of aromatic hydroxyl groups is 1. The molecular formula is C22H22ClFN4O4. The number of nitrogens with zero attached hydrogens (tertiary/aromatic N) is 4. The number of esters is 1. The van der Waals surface area contributed by atoms with Gasteiger partial charge in [-0.15, -0.1) is 0 Å². The number of hydrogen-bond acceptors (Lipinski definition) is 7. The second-order valence-electron chi connectivity index (χ2n) is 8.07. The van der Waals surface area contributed by atoms with Crippen molar-refractivity contribution in [2.45, 2.75) is 38.6 Å². The average molecular weight is 461 g/mol. The summed E-state index contributed by atoms with van der Waals surface area (Å²) in [6.45, 7) is 2.85. The fourth-order valence-electron chi connectivity index (χ4n) is 4.26. The summed E-state index contributed by atoms with van der Waals surface area (Å²) in [4.78, 5) is 23.0. The van der Waals surface area contributed by atoms with Crippen molar-refractivity contribution in [1.82, 2.24) is 19.4 Å². The molecule has 8 nitrogen and oxygen atoms in total. The van der Waals surface area contributed by atoms with Crippen molar-refractivity contribution in [2.24, 2.45) is 0 Å². The van der Waals surface area contributed by atoms with Crippen LogP contribution in [0.1, 0.15) is 33.9 Å². The van der Waals surface area contributed by atoms with Crippen molar-refractivity contribution in [2.75, 3.05) is 20.3 Å². The second kappa shape index (κ2) is 8.31. The Labute approximate surface area is 188 Å². The van der Waals surface area contributed by atoms with Crippen LogP contribution in [0.15, 0.2) is 18.2 Å². The predicted octanol–water partition coefficient (Wildman–Crippen LogP) is 3.06. The maximum Gasteiger partial charge on any atom is 0.340 e. The molecule has 1 aromatic carbocycles. The molecule has 1 atom stereocenters. The maximum atomic E-state index is 15.3. The van der Waals surface area contributed by atoms with Crippen molar-refractivity contribution in [3.05, 3.63) is 51.7 Å². The van der Waals surface area contributed by atoms with Crippen LogP contribution in [-0.4, -0.2) is 56.9 Å². The molecule has 2 aliphatic rings. The number of hydrogen-bond donors (Lipinski definition) is 1. The molecule has 0 bridgehead atoms. The Balaban J connectivity index is 1.50. The number of rotatable bonds is 5. The van der Waals surface area contributed by atoms with Crippen LogP contribution in [0.25, 0.3) is 11.0 Å². The number of benzene rings is 1. The number of ether oxygens (including phenoxy) is 2. The first kappa shape index (κ1) is 21.1. The Hall–Kier alpha value is -2.75. The van der Waals surface area contributed by atoms with Gasteiger partial charge in [0.15, 0.2) is 5.82 Å². The van der Waals surface area contributed by atoms with Crippen LogP contribution in [0, 0.1) is 5.82 Å². The minimum absolute atomic E-state index is 0.0184. The third-order valence-electron chi connectivity index (χ3n) is 6.07. The van der Waals surface area contributed by atoms with E-state index in [1.807, 2.05) is 4.57 Å². The molecule has 10 heteroatoms. The van der Waals surface area contributed by atoms with E-state index in [2.05, 4.69) is 14.9 Å². The third-order valence-corrected chi connectivity index (χ3v) is 6.35. The molecule has 3 aromatic rings. The normalized spacial score (nSPS) is 18.4. The van der Waals surface area contributed by atoms with Gasteiger partial charge in [0.1, 0.15) is 16.4 Å². The van der Waals surface area contributed by atoms with Gasteiger partial charge in [-0.05, 0) is 36.6 Å². The summed E-state index contributed by atoms with van der Waals surface area (Å²) in [6, 6.07) is 4.79. The highest BCUT2D eigenvalue weighted by Gasteiger charge is 2.27. The molecule has 168 valence electrons. The van der Waals surface area contributed by atoms with Crippen molar-refractivity contribution in [1.29, 1.82) is 0 Å². The number of halogens is 2. The third kappa shape index (κ3) is 3.70. The quantitative estimate of drug-likeness (QED) is 0.585. The summed E-state index contributed by atoms with van der Waals surface area (Å²) in [6.07, 6.45) is 1.60. The average Bonchev–Trinajstić information content (AvgIpc) is 3.09. The SMILES string of the molecule is COC(=O)c1ccc2nc(CN3CCc4cc(Cl)c(O)nc4C3)n(C[C@@H]3CCO3)c2c1F. The Bertz CT molecular complexity index is 1210. The first-order valence-electron chi connectivity index (χ1n) is 10.4. The highest BCUT2D eigenvalue weighted by atomic mass is 35.5. The Morgan fingerprint density at radius 1 is 1.41 bits per heavy atom. The monoisotopic (exact) mass is 460 g/mol. The second-order valence-corrected chi connectivity index (χ2v) is 8.47. The van der Waals surface area contributed by atoms with Gasteiger partial charge in [-0.3, -0.25) is 4.90 Å². The van der Waals surface area contributed by atoms with E-state index in [4.69, 9.17) is 21.1 Å². The molecule has 5 rings (SSSR count). The number of methoxy groups -OCH3 is 1. The molecule has 0 saturated carbocycles.